The van der Waals surface area contributed by atoms with E-state index in [2.05, 4.69) is 13.8 Å². The second-order valence-corrected chi connectivity index (χ2v) is 9.80. The van der Waals surface area contributed by atoms with Crippen molar-refractivity contribution in [2.45, 2.75) is 66.1 Å². The minimum absolute atomic E-state index is 0.0913. The maximum Gasteiger partial charge on any atom is 0.302 e. The number of Topliss-reactive ketones (excluding diaryl/α,β-unsaturated/α-hetero) is 2. The Morgan fingerprint density at radius 1 is 1.20 bits per heavy atom. The summed E-state index contributed by atoms with van der Waals surface area (Å²) < 4.78 is 10.6. The summed E-state index contributed by atoms with van der Waals surface area (Å²) in [6.07, 6.45) is 0.504. The number of hydrogen-bond donors (Lipinski definition) is 2. The number of hydrogen-bond acceptors (Lipinski definition) is 7. The maximum atomic E-state index is 13.4. The molecule has 0 spiro atoms. The van der Waals surface area contributed by atoms with E-state index >= 15 is 0 Å². The molecule has 2 N–H and O–H groups in total. The minimum atomic E-state index is -0.942. The van der Waals surface area contributed by atoms with Crippen LogP contribution in [0.5, 0.6) is 0 Å². The number of carbonyl (C=O) groups is 3. The summed E-state index contributed by atoms with van der Waals surface area (Å²) in [5, 5.41) is 22.5. The maximum absolute atomic E-state index is 13.4. The number of methoxy groups -OCH3 is 1. The fraction of sp³-hybridized carbons (Fsp3) is 0.696. The number of ether oxygens (including phenoxy) is 2. The molecule has 0 radical (unpaired) electrons. The van der Waals surface area contributed by atoms with Crippen LogP contribution in [-0.2, 0) is 23.9 Å². The molecule has 0 heterocycles. The number of aliphatic hydroxyl groups is 2. The normalized spacial score (nSPS) is 34.4. The third-order valence-electron chi connectivity index (χ3n) is 7.29. The van der Waals surface area contributed by atoms with Crippen LogP contribution in [-0.4, -0.2) is 53.7 Å². The van der Waals surface area contributed by atoms with Crippen molar-refractivity contribution in [3.05, 3.63) is 22.5 Å². The molecule has 30 heavy (non-hydrogen) atoms. The van der Waals surface area contributed by atoms with E-state index in [4.69, 9.17) is 9.47 Å². The molecule has 1 saturated carbocycles. The first-order valence-electron chi connectivity index (χ1n) is 10.5. The molecule has 3 rings (SSSR count). The number of allylic oxidation sites excluding steroid dienone is 1. The van der Waals surface area contributed by atoms with Gasteiger partial charge in [0, 0.05) is 42.4 Å². The van der Waals surface area contributed by atoms with E-state index in [0.29, 0.717) is 6.42 Å². The van der Waals surface area contributed by atoms with Crippen molar-refractivity contribution in [3.63, 3.8) is 0 Å². The largest absolute Gasteiger partial charge is 0.507 e. The van der Waals surface area contributed by atoms with Gasteiger partial charge in [-0.2, -0.15) is 0 Å². The van der Waals surface area contributed by atoms with Crippen LogP contribution in [0.1, 0.15) is 53.9 Å². The second kappa shape index (κ2) is 7.61. The van der Waals surface area contributed by atoms with Gasteiger partial charge in [0.2, 0.25) is 11.6 Å². The van der Waals surface area contributed by atoms with Crippen LogP contribution in [0.25, 0.3) is 0 Å². The molecule has 3 aliphatic rings. The summed E-state index contributed by atoms with van der Waals surface area (Å²) in [5.74, 6) is -3.26. The Bertz CT molecular complexity index is 850. The van der Waals surface area contributed by atoms with Gasteiger partial charge in [0.15, 0.2) is 0 Å². The van der Waals surface area contributed by atoms with Gasteiger partial charge in [-0.25, -0.2) is 0 Å². The monoisotopic (exact) mass is 420 g/mol. The first-order chi connectivity index (χ1) is 13.9. The van der Waals surface area contributed by atoms with Gasteiger partial charge in [-0.05, 0) is 18.3 Å². The van der Waals surface area contributed by atoms with Crippen molar-refractivity contribution < 1.29 is 34.1 Å². The number of rotatable bonds is 4. The first-order valence-corrected chi connectivity index (χ1v) is 10.5. The van der Waals surface area contributed by atoms with Crippen LogP contribution in [0.15, 0.2) is 22.5 Å². The van der Waals surface area contributed by atoms with E-state index < -0.39 is 41.1 Å². The predicted molar refractivity (Wildman–Crippen MR) is 109 cm³/mol. The minimum Gasteiger partial charge on any atom is -0.507 e. The zero-order valence-electron chi connectivity index (χ0n) is 18.6. The Labute approximate surface area is 177 Å². The molecule has 5 atom stereocenters. The van der Waals surface area contributed by atoms with Gasteiger partial charge in [-0.15, -0.1) is 0 Å². The van der Waals surface area contributed by atoms with Gasteiger partial charge in [0.25, 0.3) is 0 Å². The average Bonchev–Trinajstić information content (AvgIpc) is 2.63. The number of esters is 1. The quantitative estimate of drug-likeness (QED) is 0.409. The van der Waals surface area contributed by atoms with Gasteiger partial charge in [0.1, 0.15) is 11.9 Å². The van der Waals surface area contributed by atoms with Gasteiger partial charge in [-0.3, -0.25) is 14.4 Å². The van der Waals surface area contributed by atoms with Gasteiger partial charge in [-0.1, -0.05) is 34.1 Å². The van der Waals surface area contributed by atoms with Gasteiger partial charge in [0.05, 0.1) is 18.3 Å². The predicted octanol–water partition coefficient (Wildman–Crippen LogP) is 2.67. The molecule has 0 amide bonds. The lowest BCUT2D eigenvalue weighted by Gasteiger charge is -2.58. The highest BCUT2D eigenvalue weighted by Crippen LogP contribution is 2.61. The van der Waals surface area contributed by atoms with Crippen molar-refractivity contribution >= 4 is 17.5 Å². The topological polar surface area (TPSA) is 110 Å². The fourth-order valence-electron chi connectivity index (χ4n) is 6.16. The van der Waals surface area contributed by atoms with Crippen LogP contribution >= 0.6 is 0 Å². The third-order valence-corrected chi connectivity index (χ3v) is 7.29. The van der Waals surface area contributed by atoms with E-state index in [1.165, 1.54) is 14.0 Å². The van der Waals surface area contributed by atoms with Crippen molar-refractivity contribution in [1.29, 1.82) is 0 Å². The van der Waals surface area contributed by atoms with Crippen molar-refractivity contribution in [1.82, 2.24) is 0 Å². The zero-order chi connectivity index (χ0) is 22.6. The molecule has 0 aromatic heterocycles. The lowest BCUT2D eigenvalue weighted by molar-refractivity contribution is -0.144. The van der Waals surface area contributed by atoms with Crippen molar-refractivity contribution in [2.75, 3.05) is 13.7 Å². The van der Waals surface area contributed by atoms with E-state index in [0.717, 1.165) is 12.8 Å². The van der Waals surface area contributed by atoms with E-state index in [1.807, 2.05) is 6.92 Å². The van der Waals surface area contributed by atoms with E-state index in [-0.39, 0.29) is 40.4 Å². The summed E-state index contributed by atoms with van der Waals surface area (Å²) >= 11 is 0. The Morgan fingerprint density at radius 2 is 1.83 bits per heavy atom. The van der Waals surface area contributed by atoms with Crippen LogP contribution < -0.4 is 0 Å². The van der Waals surface area contributed by atoms with Crippen LogP contribution in [0.2, 0.25) is 0 Å². The van der Waals surface area contributed by atoms with Crippen LogP contribution in [0, 0.1) is 22.7 Å². The third kappa shape index (κ3) is 3.23. The highest BCUT2D eigenvalue weighted by Gasteiger charge is 2.61. The van der Waals surface area contributed by atoms with Gasteiger partial charge >= 0.3 is 5.97 Å². The summed E-state index contributed by atoms with van der Waals surface area (Å²) in [5.41, 5.74) is -0.644. The molecule has 7 nitrogen and oxygen atoms in total. The number of carbonyl (C=O) groups excluding carboxylic acids is 3. The molecule has 0 unspecified atom stereocenters. The second-order valence-electron chi connectivity index (χ2n) is 9.80. The van der Waals surface area contributed by atoms with Crippen molar-refractivity contribution in [2.24, 2.45) is 22.7 Å². The summed E-state index contributed by atoms with van der Waals surface area (Å²) in [4.78, 5) is 37.7. The fourth-order valence-corrected chi connectivity index (χ4v) is 6.16. The number of aliphatic hydroxyl groups excluding tert-OH is 2. The van der Waals surface area contributed by atoms with Gasteiger partial charge < -0.3 is 19.7 Å². The summed E-state index contributed by atoms with van der Waals surface area (Å²) in [7, 11) is 1.42. The van der Waals surface area contributed by atoms with Crippen LogP contribution in [0.3, 0.4) is 0 Å². The van der Waals surface area contributed by atoms with E-state index in [9.17, 15) is 24.6 Å². The molecule has 0 aromatic carbocycles. The summed E-state index contributed by atoms with van der Waals surface area (Å²) in [6, 6.07) is 0. The lowest BCUT2D eigenvalue weighted by Crippen LogP contribution is -2.60. The molecular weight excluding hydrogens is 388 g/mol. The molecule has 0 saturated heterocycles. The highest BCUT2D eigenvalue weighted by molar-refractivity contribution is 6.50. The Kier molecular flexibility index (Phi) is 5.75. The number of fused-ring (bicyclic) bond motifs is 2. The van der Waals surface area contributed by atoms with Crippen molar-refractivity contribution in [3.8, 4) is 0 Å². The Hall–Kier alpha value is -1.99. The standard InChI is InChI=1S/C23H32O7/c1-11(10-30-12(2)24)13-16(25)14-15(18(27)17(13)26)23(5)9-7-8-22(3,4)21(23)19(28)20(14)29-6/h11,19-21,25,28H,7-10H2,1-6H3/t11-,19+,20-,21-,23+/m0/s1. The average molecular weight is 421 g/mol. The Balaban J connectivity index is 2.22. The van der Waals surface area contributed by atoms with Crippen LogP contribution in [0.4, 0.5) is 0 Å². The molecular formula is C23H32O7. The first kappa shape index (κ1) is 22.7. The molecule has 0 aromatic rings. The molecule has 3 aliphatic carbocycles. The number of ketones is 2. The molecule has 1 fully saturated rings. The molecule has 0 aliphatic heterocycles. The smallest absolute Gasteiger partial charge is 0.302 e. The molecule has 7 heteroatoms. The Morgan fingerprint density at radius 3 is 2.40 bits per heavy atom. The van der Waals surface area contributed by atoms with E-state index in [1.54, 1.807) is 6.92 Å². The molecule has 166 valence electrons. The zero-order valence-corrected chi connectivity index (χ0v) is 18.6. The summed E-state index contributed by atoms with van der Waals surface area (Å²) in [6.45, 7) is 8.76. The lowest BCUT2D eigenvalue weighted by atomic mass is 9.47. The SMILES string of the molecule is CO[C@H]1C2=C(C(=O)C(=O)C([C@@H](C)COC(C)=O)=C2O)[C@@]2(C)CCCC(C)(C)[C@@H]2[C@@H]1O. The highest BCUT2D eigenvalue weighted by atomic mass is 16.5. The molecule has 0 bridgehead atoms.